The number of carboxylic acids is 1. The van der Waals surface area contributed by atoms with E-state index in [0.29, 0.717) is 5.56 Å². The quantitative estimate of drug-likeness (QED) is 0.723. The fourth-order valence-corrected chi connectivity index (χ4v) is 0.907. The van der Waals surface area contributed by atoms with Gasteiger partial charge in [-0.1, -0.05) is 30.3 Å². The number of halogens is 1. The van der Waals surface area contributed by atoms with Crippen LogP contribution in [-0.2, 0) is 9.63 Å². The smallest absolute Gasteiger partial charge is 0.339 e. The van der Waals surface area contributed by atoms with Crippen LogP contribution >= 0.6 is 12.4 Å². The molecule has 0 bridgehead atoms. The molecule has 5 heteroatoms. The highest BCUT2D eigenvalue weighted by Gasteiger charge is 2.18. The number of nitrogens with two attached hydrogens (primary N) is 1. The Kier molecular flexibility index (Phi) is 5.06. The maximum atomic E-state index is 10.5. The minimum Gasteiger partial charge on any atom is -0.479 e. The third kappa shape index (κ3) is 3.02. The first-order chi connectivity index (χ1) is 5.75. The number of hydrogen-bond donors (Lipinski definition) is 2. The SMILES string of the molecule is Cl.NOC(C(=O)O)c1ccccc1. The van der Waals surface area contributed by atoms with E-state index in [1.54, 1.807) is 30.3 Å². The molecular weight excluding hydrogens is 194 g/mol. The number of aliphatic carboxylic acids is 1. The summed E-state index contributed by atoms with van der Waals surface area (Å²) in [5.41, 5.74) is 0.535. The average Bonchev–Trinajstić information content (AvgIpc) is 2.07. The largest absolute Gasteiger partial charge is 0.479 e. The predicted molar refractivity (Wildman–Crippen MR) is 49.3 cm³/mol. The maximum Gasteiger partial charge on any atom is 0.339 e. The monoisotopic (exact) mass is 203 g/mol. The fourth-order valence-electron chi connectivity index (χ4n) is 0.907. The molecule has 0 saturated heterocycles. The number of hydrogen-bond acceptors (Lipinski definition) is 3. The van der Waals surface area contributed by atoms with Crippen molar-refractivity contribution in [2.45, 2.75) is 6.10 Å². The second kappa shape index (κ2) is 5.53. The van der Waals surface area contributed by atoms with Crippen LogP contribution < -0.4 is 5.90 Å². The van der Waals surface area contributed by atoms with Crippen LogP contribution in [0.1, 0.15) is 11.7 Å². The predicted octanol–water partition coefficient (Wildman–Crippen LogP) is 1.12. The van der Waals surface area contributed by atoms with E-state index in [2.05, 4.69) is 4.84 Å². The lowest BCUT2D eigenvalue weighted by Gasteiger charge is -2.08. The molecule has 0 aliphatic carbocycles. The molecule has 1 unspecified atom stereocenters. The Morgan fingerprint density at radius 1 is 1.38 bits per heavy atom. The molecule has 0 fully saturated rings. The highest BCUT2D eigenvalue weighted by atomic mass is 35.5. The number of benzene rings is 1. The summed E-state index contributed by atoms with van der Waals surface area (Å²) in [7, 11) is 0. The van der Waals surface area contributed by atoms with Crippen LogP contribution in [0.2, 0.25) is 0 Å². The molecule has 0 aromatic heterocycles. The van der Waals surface area contributed by atoms with Crippen molar-refractivity contribution >= 4 is 18.4 Å². The molecule has 72 valence electrons. The zero-order valence-electron chi connectivity index (χ0n) is 6.71. The van der Waals surface area contributed by atoms with Gasteiger partial charge in [0.1, 0.15) is 0 Å². The van der Waals surface area contributed by atoms with Gasteiger partial charge < -0.3 is 5.11 Å². The number of carbonyl (C=O) groups is 1. The van der Waals surface area contributed by atoms with Gasteiger partial charge in [0.2, 0.25) is 6.10 Å². The summed E-state index contributed by atoms with van der Waals surface area (Å²) in [6, 6.07) is 8.53. The molecule has 1 atom stereocenters. The molecule has 4 nitrogen and oxygen atoms in total. The molecule has 0 saturated carbocycles. The van der Waals surface area contributed by atoms with E-state index in [0.717, 1.165) is 0 Å². The summed E-state index contributed by atoms with van der Waals surface area (Å²) in [5.74, 6) is 3.73. The van der Waals surface area contributed by atoms with Gasteiger partial charge in [-0.2, -0.15) is 0 Å². The molecule has 0 aliphatic heterocycles. The number of carboxylic acid groups (broad SMARTS) is 1. The molecule has 0 heterocycles. The lowest BCUT2D eigenvalue weighted by atomic mass is 10.1. The van der Waals surface area contributed by atoms with Crippen molar-refractivity contribution < 1.29 is 14.7 Å². The normalized spacial score (nSPS) is 11.5. The Morgan fingerprint density at radius 2 is 1.92 bits per heavy atom. The van der Waals surface area contributed by atoms with Crippen molar-refractivity contribution in [2.24, 2.45) is 5.90 Å². The van der Waals surface area contributed by atoms with Gasteiger partial charge in [-0.05, 0) is 5.56 Å². The van der Waals surface area contributed by atoms with Crippen molar-refractivity contribution in [3.63, 3.8) is 0 Å². The van der Waals surface area contributed by atoms with Crippen LogP contribution in [0, 0.1) is 0 Å². The zero-order valence-corrected chi connectivity index (χ0v) is 7.53. The highest BCUT2D eigenvalue weighted by molar-refractivity contribution is 5.85. The lowest BCUT2D eigenvalue weighted by molar-refractivity contribution is -0.151. The van der Waals surface area contributed by atoms with E-state index in [9.17, 15) is 4.79 Å². The molecule has 3 N–H and O–H groups in total. The van der Waals surface area contributed by atoms with E-state index in [1.807, 2.05) is 0 Å². The van der Waals surface area contributed by atoms with Crippen LogP contribution in [0.25, 0.3) is 0 Å². The number of rotatable bonds is 3. The average molecular weight is 204 g/mol. The summed E-state index contributed by atoms with van der Waals surface area (Å²) >= 11 is 0. The first-order valence-corrected chi connectivity index (χ1v) is 3.39. The van der Waals surface area contributed by atoms with Gasteiger partial charge in [-0.15, -0.1) is 12.4 Å². The fraction of sp³-hybridized carbons (Fsp3) is 0.125. The Labute approximate surface area is 81.7 Å². The van der Waals surface area contributed by atoms with Gasteiger partial charge in [0.05, 0.1) is 0 Å². The second-order valence-electron chi connectivity index (χ2n) is 2.27. The molecule has 0 amide bonds. The highest BCUT2D eigenvalue weighted by Crippen LogP contribution is 2.14. The molecule has 1 rings (SSSR count). The van der Waals surface area contributed by atoms with E-state index >= 15 is 0 Å². The first kappa shape index (κ1) is 11.9. The first-order valence-electron chi connectivity index (χ1n) is 3.39. The van der Waals surface area contributed by atoms with E-state index < -0.39 is 12.1 Å². The summed E-state index contributed by atoms with van der Waals surface area (Å²) < 4.78 is 0. The van der Waals surface area contributed by atoms with Crippen LogP contribution in [0.15, 0.2) is 30.3 Å². The molecule has 0 aliphatic rings. The summed E-state index contributed by atoms with van der Waals surface area (Å²) in [4.78, 5) is 14.8. The lowest BCUT2D eigenvalue weighted by Crippen LogP contribution is -2.18. The maximum absolute atomic E-state index is 10.5. The van der Waals surface area contributed by atoms with Crippen LogP contribution in [-0.4, -0.2) is 11.1 Å². The summed E-state index contributed by atoms with van der Waals surface area (Å²) in [6.07, 6.45) is -1.08. The minimum absolute atomic E-state index is 0. The second-order valence-corrected chi connectivity index (χ2v) is 2.27. The van der Waals surface area contributed by atoms with Gasteiger partial charge in [0, 0.05) is 0 Å². The topological polar surface area (TPSA) is 72.5 Å². The van der Waals surface area contributed by atoms with E-state index in [1.165, 1.54) is 0 Å². The minimum atomic E-state index is -1.09. The third-order valence-electron chi connectivity index (χ3n) is 1.46. The molecular formula is C8H10ClNO3. The zero-order chi connectivity index (χ0) is 8.97. The van der Waals surface area contributed by atoms with Crippen molar-refractivity contribution in [1.29, 1.82) is 0 Å². The molecule has 13 heavy (non-hydrogen) atoms. The summed E-state index contributed by atoms with van der Waals surface area (Å²) in [6.45, 7) is 0. The van der Waals surface area contributed by atoms with Crippen molar-refractivity contribution in [3.8, 4) is 0 Å². The Balaban J connectivity index is 0.00000144. The van der Waals surface area contributed by atoms with Gasteiger partial charge in [0.25, 0.3) is 0 Å². The van der Waals surface area contributed by atoms with Crippen molar-refractivity contribution in [1.82, 2.24) is 0 Å². The van der Waals surface area contributed by atoms with Gasteiger partial charge in [-0.3, -0.25) is 4.84 Å². The molecule has 1 aromatic carbocycles. The Hall–Kier alpha value is -1.10. The van der Waals surface area contributed by atoms with Crippen LogP contribution in [0.4, 0.5) is 0 Å². The van der Waals surface area contributed by atoms with E-state index in [-0.39, 0.29) is 12.4 Å². The van der Waals surface area contributed by atoms with Gasteiger partial charge in [-0.25, -0.2) is 10.7 Å². The van der Waals surface area contributed by atoms with Gasteiger partial charge >= 0.3 is 5.97 Å². The van der Waals surface area contributed by atoms with Crippen LogP contribution in [0.5, 0.6) is 0 Å². The van der Waals surface area contributed by atoms with Crippen molar-refractivity contribution in [2.75, 3.05) is 0 Å². The molecule has 0 spiro atoms. The van der Waals surface area contributed by atoms with Gasteiger partial charge in [0.15, 0.2) is 0 Å². The molecule has 0 radical (unpaired) electrons. The van der Waals surface area contributed by atoms with Crippen LogP contribution in [0.3, 0.4) is 0 Å². The molecule has 1 aromatic rings. The Morgan fingerprint density at radius 3 is 2.31 bits per heavy atom. The Bertz CT molecular complexity index is 265. The van der Waals surface area contributed by atoms with Crippen molar-refractivity contribution in [3.05, 3.63) is 35.9 Å². The van der Waals surface area contributed by atoms with E-state index in [4.69, 9.17) is 11.0 Å². The standard InChI is InChI=1S/C8H9NO3.ClH/c9-12-7(8(10)11)6-4-2-1-3-5-6;/h1-5,7H,9H2,(H,10,11);1H. The third-order valence-corrected chi connectivity index (χ3v) is 1.46. The summed E-state index contributed by atoms with van der Waals surface area (Å²) in [5, 5.41) is 8.62.